The van der Waals surface area contributed by atoms with Gasteiger partial charge >= 0.3 is 0 Å². The van der Waals surface area contributed by atoms with Crippen LogP contribution in [0, 0.1) is 6.92 Å². The topological polar surface area (TPSA) is 74.5 Å². The monoisotopic (exact) mass is 297 g/mol. The molecule has 1 aromatic heterocycles. The highest BCUT2D eigenvalue weighted by Gasteiger charge is 2.29. The highest BCUT2D eigenvalue weighted by molar-refractivity contribution is 7.99. The van der Waals surface area contributed by atoms with E-state index in [2.05, 4.69) is 20.4 Å². The highest BCUT2D eigenvalue weighted by atomic mass is 32.2. The summed E-state index contributed by atoms with van der Waals surface area (Å²) in [5, 5.41) is 7.14. The lowest BCUT2D eigenvalue weighted by Crippen LogP contribution is -2.53. The molecule has 1 N–H and O–H groups in total. The molecule has 2 fully saturated rings. The zero-order valence-electron chi connectivity index (χ0n) is 11.5. The fourth-order valence-corrected chi connectivity index (χ4v) is 3.44. The van der Waals surface area contributed by atoms with Crippen molar-refractivity contribution < 1.29 is 9.32 Å². The van der Waals surface area contributed by atoms with E-state index in [1.54, 1.807) is 18.7 Å². The molecule has 2 aliphatic heterocycles. The standard InChI is InChI=1S/C12H19N5O2S/c1-9-14-11(15-19-9)6-16-2-4-17(5-3-16)12(18)10-7-20-8-13-10/h10,13H,2-8H2,1H3. The normalized spacial score (nSPS) is 24.2. The number of rotatable bonds is 3. The number of aryl methyl sites for hydroxylation is 1. The van der Waals surface area contributed by atoms with Crippen molar-refractivity contribution in [2.75, 3.05) is 37.8 Å². The van der Waals surface area contributed by atoms with Crippen molar-refractivity contribution in [2.45, 2.75) is 19.5 Å². The van der Waals surface area contributed by atoms with E-state index in [0.29, 0.717) is 12.4 Å². The Labute approximate surface area is 122 Å². The third-order valence-electron chi connectivity index (χ3n) is 3.63. The second-order valence-corrected chi connectivity index (χ2v) is 6.13. The van der Waals surface area contributed by atoms with Gasteiger partial charge in [0.25, 0.3) is 0 Å². The zero-order valence-corrected chi connectivity index (χ0v) is 12.4. The van der Waals surface area contributed by atoms with Crippen LogP contribution < -0.4 is 5.32 Å². The maximum atomic E-state index is 12.3. The number of piperazine rings is 1. The Morgan fingerprint density at radius 1 is 1.45 bits per heavy atom. The predicted octanol–water partition coefficient (Wildman–Crippen LogP) is -0.315. The summed E-state index contributed by atoms with van der Waals surface area (Å²) in [4.78, 5) is 20.7. The number of hydrogen-bond donors (Lipinski definition) is 1. The van der Waals surface area contributed by atoms with E-state index in [0.717, 1.165) is 43.6 Å². The first kappa shape index (κ1) is 13.8. The summed E-state index contributed by atoms with van der Waals surface area (Å²) in [5.74, 6) is 3.33. The van der Waals surface area contributed by atoms with Crippen LogP contribution in [0.2, 0.25) is 0 Å². The number of hydrogen-bond acceptors (Lipinski definition) is 7. The molecule has 1 atom stereocenters. The van der Waals surface area contributed by atoms with Crippen LogP contribution in [0.1, 0.15) is 11.7 Å². The van der Waals surface area contributed by atoms with Crippen LogP contribution in [0.15, 0.2) is 4.52 Å². The minimum absolute atomic E-state index is 0.00593. The van der Waals surface area contributed by atoms with Gasteiger partial charge in [0.05, 0.1) is 12.6 Å². The molecule has 2 saturated heterocycles. The predicted molar refractivity (Wildman–Crippen MR) is 75.1 cm³/mol. The molecule has 0 bridgehead atoms. The Morgan fingerprint density at radius 3 is 2.85 bits per heavy atom. The van der Waals surface area contributed by atoms with Crippen molar-refractivity contribution in [2.24, 2.45) is 0 Å². The molecule has 1 unspecified atom stereocenters. The van der Waals surface area contributed by atoms with Crippen LogP contribution in [0.3, 0.4) is 0 Å². The number of nitrogens with zero attached hydrogens (tertiary/aromatic N) is 4. The molecular formula is C12H19N5O2S. The fraction of sp³-hybridized carbons (Fsp3) is 0.750. The molecule has 7 nitrogen and oxygen atoms in total. The van der Waals surface area contributed by atoms with Gasteiger partial charge in [-0.25, -0.2) is 0 Å². The lowest BCUT2D eigenvalue weighted by Gasteiger charge is -2.35. The van der Waals surface area contributed by atoms with Crippen LogP contribution in [0.5, 0.6) is 0 Å². The first-order chi connectivity index (χ1) is 9.72. The van der Waals surface area contributed by atoms with Gasteiger partial charge in [0.15, 0.2) is 5.82 Å². The van der Waals surface area contributed by atoms with Crippen molar-refractivity contribution in [3.63, 3.8) is 0 Å². The molecule has 0 saturated carbocycles. The van der Waals surface area contributed by atoms with Crippen molar-refractivity contribution >= 4 is 17.7 Å². The molecule has 1 amide bonds. The summed E-state index contributed by atoms with van der Waals surface area (Å²) >= 11 is 1.78. The smallest absolute Gasteiger partial charge is 0.240 e. The Kier molecular flexibility index (Phi) is 4.23. The minimum atomic E-state index is 0.00593. The van der Waals surface area contributed by atoms with E-state index in [1.807, 2.05) is 4.90 Å². The second kappa shape index (κ2) is 6.11. The number of carbonyl (C=O) groups excluding carboxylic acids is 1. The minimum Gasteiger partial charge on any atom is -0.340 e. The van der Waals surface area contributed by atoms with Crippen LogP contribution >= 0.6 is 11.8 Å². The number of carbonyl (C=O) groups is 1. The molecular weight excluding hydrogens is 278 g/mol. The van der Waals surface area contributed by atoms with E-state index < -0.39 is 0 Å². The molecule has 2 aliphatic rings. The number of amides is 1. The zero-order chi connectivity index (χ0) is 13.9. The van der Waals surface area contributed by atoms with Crippen molar-refractivity contribution in [3.8, 4) is 0 Å². The maximum absolute atomic E-state index is 12.3. The first-order valence-electron chi connectivity index (χ1n) is 6.84. The van der Waals surface area contributed by atoms with E-state index in [-0.39, 0.29) is 11.9 Å². The van der Waals surface area contributed by atoms with Crippen LogP contribution in [0.4, 0.5) is 0 Å². The Morgan fingerprint density at radius 2 is 2.25 bits per heavy atom. The number of nitrogens with one attached hydrogen (secondary N) is 1. The van der Waals surface area contributed by atoms with Crippen LogP contribution in [-0.4, -0.2) is 69.7 Å². The van der Waals surface area contributed by atoms with Gasteiger partial charge in [-0.15, -0.1) is 11.8 Å². The van der Waals surface area contributed by atoms with Gasteiger partial charge in [-0.2, -0.15) is 4.98 Å². The molecule has 20 heavy (non-hydrogen) atoms. The van der Waals surface area contributed by atoms with Crippen LogP contribution in [0.25, 0.3) is 0 Å². The molecule has 110 valence electrons. The quantitative estimate of drug-likeness (QED) is 0.820. The van der Waals surface area contributed by atoms with Gasteiger partial charge in [0, 0.05) is 44.7 Å². The maximum Gasteiger partial charge on any atom is 0.240 e. The van der Waals surface area contributed by atoms with Gasteiger partial charge in [-0.05, 0) is 0 Å². The molecule has 0 aromatic carbocycles. The SMILES string of the molecule is Cc1nc(CN2CCN(C(=O)C3CSCN3)CC2)no1. The Balaban J connectivity index is 1.48. The number of aromatic nitrogens is 2. The fourth-order valence-electron chi connectivity index (χ4n) is 2.51. The molecule has 8 heteroatoms. The molecule has 3 rings (SSSR count). The summed E-state index contributed by atoms with van der Waals surface area (Å²) in [7, 11) is 0. The summed E-state index contributed by atoms with van der Waals surface area (Å²) < 4.78 is 4.97. The average Bonchev–Trinajstić information content (AvgIpc) is 3.11. The second-order valence-electron chi connectivity index (χ2n) is 5.10. The van der Waals surface area contributed by atoms with Crippen molar-refractivity contribution in [1.82, 2.24) is 25.3 Å². The molecule has 0 aliphatic carbocycles. The lowest BCUT2D eigenvalue weighted by molar-refractivity contribution is -0.134. The lowest BCUT2D eigenvalue weighted by atomic mass is 10.2. The van der Waals surface area contributed by atoms with Gasteiger partial charge in [-0.1, -0.05) is 5.16 Å². The van der Waals surface area contributed by atoms with Gasteiger partial charge in [0.1, 0.15) is 0 Å². The van der Waals surface area contributed by atoms with E-state index in [1.165, 1.54) is 0 Å². The summed E-state index contributed by atoms with van der Waals surface area (Å²) in [6.45, 7) is 5.76. The van der Waals surface area contributed by atoms with Crippen LogP contribution in [-0.2, 0) is 11.3 Å². The van der Waals surface area contributed by atoms with Gasteiger partial charge in [0.2, 0.25) is 11.8 Å². The Bertz CT molecular complexity index is 466. The molecule has 3 heterocycles. The summed E-state index contributed by atoms with van der Waals surface area (Å²) in [6, 6.07) is 0.00593. The average molecular weight is 297 g/mol. The summed E-state index contributed by atoms with van der Waals surface area (Å²) in [5.41, 5.74) is 0. The summed E-state index contributed by atoms with van der Waals surface area (Å²) in [6.07, 6.45) is 0. The van der Waals surface area contributed by atoms with Gasteiger partial charge < -0.3 is 9.42 Å². The van der Waals surface area contributed by atoms with E-state index in [4.69, 9.17) is 4.52 Å². The largest absolute Gasteiger partial charge is 0.340 e. The third-order valence-corrected chi connectivity index (χ3v) is 4.57. The Hall–Kier alpha value is -1.12. The molecule has 1 aromatic rings. The highest BCUT2D eigenvalue weighted by Crippen LogP contribution is 2.14. The third kappa shape index (κ3) is 3.13. The van der Waals surface area contributed by atoms with Gasteiger partial charge in [-0.3, -0.25) is 15.0 Å². The molecule has 0 spiro atoms. The number of thioether (sulfide) groups is 1. The van der Waals surface area contributed by atoms with E-state index in [9.17, 15) is 4.79 Å². The first-order valence-corrected chi connectivity index (χ1v) is 7.99. The van der Waals surface area contributed by atoms with Crippen molar-refractivity contribution in [3.05, 3.63) is 11.7 Å². The molecule has 0 radical (unpaired) electrons. The van der Waals surface area contributed by atoms with E-state index >= 15 is 0 Å². The van der Waals surface area contributed by atoms with Crippen molar-refractivity contribution in [1.29, 1.82) is 0 Å².